The van der Waals surface area contributed by atoms with Gasteiger partial charge in [0, 0.05) is 32.6 Å². The van der Waals surface area contributed by atoms with Gasteiger partial charge in [-0.25, -0.2) is 0 Å². The van der Waals surface area contributed by atoms with Crippen LogP contribution >= 0.6 is 0 Å². The molecule has 0 fully saturated rings. The summed E-state index contributed by atoms with van der Waals surface area (Å²) in [6.45, 7) is 3.07. The lowest BCUT2D eigenvalue weighted by atomic mass is 9.79. The summed E-state index contributed by atoms with van der Waals surface area (Å²) in [5, 5.41) is 3.03. The molecule has 2 aromatic rings. The largest absolute Gasteiger partial charge is 0.491 e. The summed E-state index contributed by atoms with van der Waals surface area (Å²) in [4.78, 5) is 14.8. The second kappa shape index (κ2) is 8.65. The Kier molecular flexibility index (Phi) is 6.25. The molecule has 0 bridgehead atoms. The first-order valence-corrected chi connectivity index (χ1v) is 9.78. The average molecular weight is 383 g/mol. The first kappa shape index (κ1) is 20.2. The summed E-state index contributed by atoms with van der Waals surface area (Å²) in [5.41, 5.74) is 3.88. The van der Waals surface area contributed by atoms with Gasteiger partial charge in [-0.3, -0.25) is 4.79 Å². The molecule has 1 aliphatic rings. The molecule has 28 heavy (non-hydrogen) atoms. The fourth-order valence-corrected chi connectivity index (χ4v) is 3.66. The average Bonchev–Trinajstić information content (AvgIpc) is 2.93. The van der Waals surface area contributed by atoms with Crippen molar-refractivity contribution in [1.82, 2.24) is 0 Å². The topological polar surface area (TPSA) is 50.8 Å². The molecule has 0 aromatic heterocycles. The maximum absolute atomic E-state index is 12.7. The minimum Gasteiger partial charge on any atom is -0.491 e. The number of rotatable bonds is 9. The van der Waals surface area contributed by atoms with Crippen molar-refractivity contribution in [2.75, 3.05) is 44.6 Å². The van der Waals surface area contributed by atoms with Gasteiger partial charge in [-0.1, -0.05) is 12.1 Å². The Morgan fingerprint density at radius 2 is 1.82 bits per heavy atom. The third-order valence-electron chi connectivity index (χ3n) is 5.49. The van der Waals surface area contributed by atoms with E-state index in [0.29, 0.717) is 13.2 Å². The minimum atomic E-state index is -0.528. The quantitative estimate of drug-likeness (QED) is 0.666. The van der Waals surface area contributed by atoms with Crippen molar-refractivity contribution < 1.29 is 14.3 Å². The number of carbonyl (C=O) groups is 1. The van der Waals surface area contributed by atoms with Crippen molar-refractivity contribution >= 4 is 17.3 Å². The van der Waals surface area contributed by atoms with Gasteiger partial charge in [0.25, 0.3) is 0 Å². The molecule has 5 nitrogen and oxygen atoms in total. The van der Waals surface area contributed by atoms with Crippen LogP contribution < -0.4 is 15.0 Å². The molecule has 150 valence electrons. The smallest absolute Gasteiger partial charge is 0.234 e. The van der Waals surface area contributed by atoms with Crippen LogP contribution in [0.15, 0.2) is 42.5 Å². The first-order valence-electron chi connectivity index (χ1n) is 9.78. The lowest BCUT2D eigenvalue weighted by Gasteiger charge is -2.22. The standard InChI is InChI=1S/C23H30N2O3/c1-23(13-5-6-17-7-9-18(10-8-17)25(2)3)20-16-19(28-15-14-27-4)11-12-21(20)24-22(23)26/h7-12,16H,5-6,13-15H2,1-4H3,(H,24,26). The number of ether oxygens (including phenoxy) is 2. The Labute approximate surface area is 167 Å². The van der Waals surface area contributed by atoms with Gasteiger partial charge in [0.2, 0.25) is 5.91 Å². The van der Waals surface area contributed by atoms with Crippen molar-refractivity contribution in [2.24, 2.45) is 0 Å². The van der Waals surface area contributed by atoms with E-state index in [2.05, 4.69) is 34.5 Å². The number of nitrogens with zero attached hydrogens (tertiary/aromatic N) is 1. The zero-order chi connectivity index (χ0) is 20.1. The van der Waals surface area contributed by atoms with Crippen molar-refractivity contribution in [3.63, 3.8) is 0 Å². The number of methoxy groups -OCH3 is 1. The van der Waals surface area contributed by atoms with E-state index in [1.165, 1.54) is 11.3 Å². The third kappa shape index (κ3) is 4.30. The number of aryl methyl sites for hydroxylation is 1. The molecule has 1 heterocycles. The number of anilines is 2. The van der Waals surface area contributed by atoms with Crippen LogP contribution in [0.25, 0.3) is 0 Å². The number of hydrogen-bond donors (Lipinski definition) is 1. The van der Waals surface area contributed by atoms with E-state index in [-0.39, 0.29) is 5.91 Å². The van der Waals surface area contributed by atoms with E-state index in [9.17, 15) is 4.79 Å². The van der Waals surface area contributed by atoms with E-state index in [4.69, 9.17) is 9.47 Å². The van der Waals surface area contributed by atoms with Crippen molar-refractivity contribution in [3.05, 3.63) is 53.6 Å². The van der Waals surface area contributed by atoms with Crippen LogP contribution in [0, 0.1) is 0 Å². The van der Waals surface area contributed by atoms with Gasteiger partial charge in [0.15, 0.2) is 0 Å². The highest BCUT2D eigenvalue weighted by molar-refractivity contribution is 6.06. The van der Waals surface area contributed by atoms with Gasteiger partial charge in [-0.15, -0.1) is 0 Å². The number of carbonyl (C=O) groups excluding carboxylic acids is 1. The van der Waals surface area contributed by atoms with Crippen molar-refractivity contribution in [3.8, 4) is 5.75 Å². The van der Waals surface area contributed by atoms with Crippen molar-refractivity contribution in [1.29, 1.82) is 0 Å². The Hall–Kier alpha value is -2.53. The molecule has 1 atom stereocenters. The lowest BCUT2D eigenvalue weighted by Crippen LogP contribution is -2.31. The second-order valence-electron chi connectivity index (χ2n) is 7.75. The molecule has 0 aliphatic carbocycles. The number of amides is 1. The molecule has 1 amide bonds. The molecule has 0 spiro atoms. The van der Waals surface area contributed by atoms with Gasteiger partial charge in [-0.2, -0.15) is 0 Å². The van der Waals surface area contributed by atoms with Crippen LogP contribution in [0.4, 0.5) is 11.4 Å². The minimum absolute atomic E-state index is 0.0690. The number of hydrogen-bond acceptors (Lipinski definition) is 4. The molecule has 5 heteroatoms. The summed E-state index contributed by atoms with van der Waals surface area (Å²) in [5.74, 6) is 0.845. The highest BCUT2D eigenvalue weighted by Gasteiger charge is 2.42. The zero-order valence-electron chi connectivity index (χ0n) is 17.2. The monoisotopic (exact) mass is 382 g/mol. The summed E-state index contributed by atoms with van der Waals surface area (Å²) >= 11 is 0. The summed E-state index contributed by atoms with van der Waals surface area (Å²) in [6, 6.07) is 14.4. The molecule has 2 aromatic carbocycles. The molecule has 3 rings (SSSR count). The number of benzene rings is 2. The van der Waals surface area contributed by atoms with E-state index in [1.807, 2.05) is 39.2 Å². The van der Waals surface area contributed by atoms with Gasteiger partial charge < -0.3 is 19.7 Å². The van der Waals surface area contributed by atoms with E-state index in [1.54, 1.807) is 7.11 Å². The van der Waals surface area contributed by atoms with Gasteiger partial charge >= 0.3 is 0 Å². The Bertz CT molecular complexity index is 817. The van der Waals surface area contributed by atoms with E-state index in [0.717, 1.165) is 36.3 Å². The molecular weight excluding hydrogens is 352 g/mol. The maximum Gasteiger partial charge on any atom is 0.234 e. The zero-order valence-corrected chi connectivity index (χ0v) is 17.2. The SMILES string of the molecule is COCCOc1ccc2c(c1)C(C)(CCCc1ccc(N(C)C)cc1)C(=O)N2. The van der Waals surface area contributed by atoms with Crippen LogP contribution in [0.5, 0.6) is 5.75 Å². The van der Waals surface area contributed by atoms with Gasteiger partial charge in [0.1, 0.15) is 12.4 Å². The fraction of sp³-hybridized carbons (Fsp3) is 0.435. The van der Waals surface area contributed by atoms with E-state index >= 15 is 0 Å². The Morgan fingerprint density at radius 1 is 1.07 bits per heavy atom. The highest BCUT2D eigenvalue weighted by Crippen LogP contribution is 2.42. The Morgan fingerprint density at radius 3 is 2.50 bits per heavy atom. The number of nitrogens with one attached hydrogen (secondary N) is 1. The Balaban J connectivity index is 1.66. The second-order valence-corrected chi connectivity index (χ2v) is 7.75. The molecule has 1 unspecified atom stereocenters. The molecule has 0 saturated carbocycles. The molecule has 0 radical (unpaired) electrons. The molecular formula is C23H30N2O3. The van der Waals surface area contributed by atoms with Crippen LogP contribution in [0.1, 0.15) is 30.9 Å². The van der Waals surface area contributed by atoms with Crippen LogP contribution in [0.3, 0.4) is 0 Å². The third-order valence-corrected chi connectivity index (χ3v) is 5.49. The van der Waals surface area contributed by atoms with E-state index < -0.39 is 5.41 Å². The molecule has 1 N–H and O–H groups in total. The van der Waals surface area contributed by atoms with Crippen LogP contribution in [-0.4, -0.2) is 40.3 Å². The van der Waals surface area contributed by atoms with Gasteiger partial charge in [-0.05, 0) is 67.6 Å². The number of fused-ring (bicyclic) bond motifs is 1. The summed E-state index contributed by atoms with van der Waals surface area (Å²) in [7, 11) is 5.73. The molecule has 0 saturated heterocycles. The predicted molar refractivity (Wildman–Crippen MR) is 114 cm³/mol. The van der Waals surface area contributed by atoms with Crippen molar-refractivity contribution in [2.45, 2.75) is 31.6 Å². The van der Waals surface area contributed by atoms with Crippen LogP contribution in [0.2, 0.25) is 0 Å². The predicted octanol–water partition coefficient (Wildman–Crippen LogP) is 4.01. The fourth-order valence-electron chi connectivity index (χ4n) is 3.66. The van der Waals surface area contributed by atoms with Crippen LogP contribution in [-0.2, 0) is 21.4 Å². The molecule has 1 aliphatic heterocycles. The summed E-state index contributed by atoms with van der Waals surface area (Å²) < 4.78 is 10.8. The summed E-state index contributed by atoms with van der Waals surface area (Å²) in [6.07, 6.45) is 2.69. The lowest BCUT2D eigenvalue weighted by molar-refractivity contribution is -0.120. The maximum atomic E-state index is 12.7. The normalized spacial score (nSPS) is 17.9. The first-order chi connectivity index (χ1) is 13.4. The van der Waals surface area contributed by atoms with Gasteiger partial charge in [0.05, 0.1) is 12.0 Å². The highest BCUT2D eigenvalue weighted by atomic mass is 16.5.